The lowest BCUT2D eigenvalue weighted by Crippen LogP contribution is -2.48. The Balaban J connectivity index is 1.60. The number of carbonyl (C=O) groups is 4. The van der Waals surface area contributed by atoms with Gasteiger partial charge in [-0.1, -0.05) is 13.8 Å². The number of rotatable bonds is 3. The number of imidazole rings is 1. The van der Waals surface area contributed by atoms with Gasteiger partial charge in [-0.25, -0.2) is 9.97 Å². The first kappa shape index (κ1) is 27.8. The van der Waals surface area contributed by atoms with Crippen LogP contribution in [-0.2, 0) is 9.59 Å². The van der Waals surface area contributed by atoms with E-state index >= 15 is 0 Å². The van der Waals surface area contributed by atoms with Gasteiger partial charge in [-0.05, 0) is 64.2 Å². The predicted octanol–water partition coefficient (Wildman–Crippen LogP) is 2.20. The number of carbonyl (C=O) groups excluding carboxylic acids is 4. The molecule has 0 saturated carbocycles. The monoisotopic (exact) mass is 537 g/mol. The quantitative estimate of drug-likeness (QED) is 0.341. The van der Waals surface area contributed by atoms with E-state index in [1.54, 1.807) is 32.0 Å². The fourth-order valence-corrected chi connectivity index (χ4v) is 4.49. The first-order chi connectivity index (χ1) is 18.5. The summed E-state index contributed by atoms with van der Waals surface area (Å²) >= 11 is 0. The number of hydrogen-bond acceptors (Lipinski definition) is 7. The molecule has 0 aliphatic carbocycles. The largest absolute Gasteiger partial charge is 0.443 e. The summed E-state index contributed by atoms with van der Waals surface area (Å²) in [5.74, 6) is -0.606. The third-order valence-electron chi connectivity index (χ3n) is 6.70. The number of oxazole rings is 1. The zero-order valence-electron chi connectivity index (χ0n) is 22.8. The van der Waals surface area contributed by atoms with Gasteiger partial charge in [0.15, 0.2) is 5.69 Å². The molecule has 0 unspecified atom stereocenters. The molecule has 1 aliphatic heterocycles. The van der Waals surface area contributed by atoms with E-state index in [0.29, 0.717) is 31.4 Å². The molecule has 208 valence electrons. The molecule has 5 N–H and O–H groups in total. The van der Waals surface area contributed by atoms with Crippen LogP contribution >= 0.6 is 0 Å². The molecule has 3 aromatic rings. The summed E-state index contributed by atoms with van der Waals surface area (Å²) < 4.78 is 5.79. The Kier molecular flexibility index (Phi) is 8.32. The minimum atomic E-state index is -0.848. The highest BCUT2D eigenvalue weighted by atomic mass is 16.4. The van der Waals surface area contributed by atoms with Crippen molar-refractivity contribution >= 4 is 34.7 Å². The molecular weight excluding hydrogens is 502 g/mol. The lowest BCUT2D eigenvalue weighted by atomic mass is 10.0. The van der Waals surface area contributed by atoms with Gasteiger partial charge < -0.3 is 30.7 Å². The number of hydrogen-bond donors (Lipinski definition) is 5. The van der Waals surface area contributed by atoms with Gasteiger partial charge in [-0.15, -0.1) is 0 Å². The molecule has 4 rings (SSSR count). The Morgan fingerprint density at radius 3 is 2.59 bits per heavy atom. The van der Waals surface area contributed by atoms with E-state index in [2.05, 4.69) is 36.2 Å². The smallest absolute Gasteiger partial charge is 0.274 e. The topological polar surface area (TPSA) is 171 Å². The zero-order chi connectivity index (χ0) is 28.3. The van der Waals surface area contributed by atoms with Crippen molar-refractivity contribution in [1.82, 2.24) is 36.2 Å². The molecule has 1 aliphatic rings. The Bertz CT molecular complexity index is 1390. The fraction of sp³-hybridized carbons (Fsp3) is 0.481. The number of aromatic amines is 1. The first-order valence-corrected chi connectivity index (χ1v) is 13.2. The second-order valence-electron chi connectivity index (χ2n) is 10.2. The van der Waals surface area contributed by atoms with Gasteiger partial charge in [0, 0.05) is 12.1 Å². The minimum Gasteiger partial charge on any atom is -0.443 e. The van der Waals surface area contributed by atoms with Gasteiger partial charge >= 0.3 is 0 Å². The van der Waals surface area contributed by atoms with Gasteiger partial charge in [0.2, 0.25) is 17.7 Å². The predicted molar refractivity (Wildman–Crippen MR) is 143 cm³/mol. The molecule has 12 heteroatoms. The maximum absolute atomic E-state index is 13.5. The van der Waals surface area contributed by atoms with Gasteiger partial charge in [0.1, 0.15) is 29.7 Å². The number of H-pyrrole nitrogens is 1. The fourth-order valence-electron chi connectivity index (χ4n) is 4.49. The van der Waals surface area contributed by atoms with Crippen LogP contribution in [0.2, 0.25) is 0 Å². The average molecular weight is 538 g/mol. The summed E-state index contributed by atoms with van der Waals surface area (Å²) in [5.41, 5.74) is 1.92. The van der Waals surface area contributed by atoms with Crippen LogP contribution in [0, 0.1) is 19.8 Å². The van der Waals surface area contributed by atoms with E-state index in [1.165, 1.54) is 0 Å². The number of nitrogens with zero attached hydrogens (tertiary/aromatic N) is 2. The maximum atomic E-state index is 13.5. The standard InChI is InChI=1S/C27H35N7O5/c1-13(2)21-27-34-22(15(4)39-27)26(38)29-14(3)23(35)28-11-7-6-8-19(25(37)33-21)32-24(36)17-9-10-18-20(12-17)31-16(5)30-18/h9-10,12-14,19,21H,6-8,11H2,1-5H3,(H,28,35)(H,29,38)(H,30,31)(H,32,36)(H,33,37)/t14-,19+,21+/m1/s1. The highest BCUT2D eigenvalue weighted by molar-refractivity contribution is 6.00. The van der Waals surface area contributed by atoms with E-state index in [0.717, 1.165) is 16.9 Å². The summed E-state index contributed by atoms with van der Waals surface area (Å²) in [5, 5.41) is 11.3. The lowest BCUT2D eigenvalue weighted by molar-refractivity contribution is -0.124. The van der Waals surface area contributed by atoms with Crippen molar-refractivity contribution in [2.45, 2.75) is 72.0 Å². The van der Waals surface area contributed by atoms with Crippen molar-refractivity contribution in [3.05, 3.63) is 46.9 Å². The van der Waals surface area contributed by atoms with Gasteiger partial charge in [0.25, 0.3) is 11.8 Å². The lowest BCUT2D eigenvalue weighted by Gasteiger charge is -2.24. The Morgan fingerprint density at radius 2 is 1.85 bits per heavy atom. The number of aryl methyl sites for hydroxylation is 2. The van der Waals surface area contributed by atoms with Crippen molar-refractivity contribution < 1.29 is 23.6 Å². The number of fused-ring (bicyclic) bond motifs is 3. The zero-order valence-corrected chi connectivity index (χ0v) is 22.8. The van der Waals surface area contributed by atoms with Crippen LogP contribution in [0.4, 0.5) is 0 Å². The molecule has 0 radical (unpaired) electrons. The van der Waals surface area contributed by atoms with E-state index in [-0.39, 0.29) is 29.2 Å². The molecule has 0 fully saturated rings. The molecule has 39 heavy (non-hydrogen) atoms. The van der Waals surface area contributed by atoms with Crippen LogP contribution < -0.4 is 21.3 Å². The van der Waals surface area contributed by atoms with E-state index in [1.807, 2.05) is 20.8 Å². The molecule has 0 saturated heterocycles. The third kappa shape index (κ3) is 6.44. The second kappa shape index (κ2) is 11.7. The van der Waals surface area contributed by atoms with Crippen molar-refractivity contribution in [3.8, 4) is 0 Å². The number of aromatic nitrogens is 3. The van der Waals surface area contributed by atoms with Crippen LogP contribution in [0.15, 0.2) is 22.6 Å². The summed E-state index contributed by atoms with van der Waals surface area (Å²) in [6, 6.07) is 2.86. The SMILES string of the molecule is Cc1nc2ccc(C(=O)N[C@H]3CCCCNC(=O)[C@@H](C)NC(=O)c4nc(oc4C)[C@H](C(C)C)NC3=O)cc2[nH]1. The molecule has 12 nitrogen and oxygen atoms in total. The number of nitrogens with one attached hydrogen (secondary N) is 5. The highest BCUT2D eigenvalue weighted by Gasteiger charge is 2.31. The molecule has 2 aromatic heterocycles. The molecule has 2 bridgehead atoms. The summed E-state index contributed by atoms with van der Waals surface area (Å²) in [7, 11) is 0. The molecule has 0 spiro atoms. The van der Waals surface area contributed by atoms with Crippen molar-refractivity contribution in [1.29, 1.82) is 0 Å². The van der Waals surface area contributed by atoms with E-state index in [4.69, 9.17) is 4.42 Å². The van der Waals surface area contributed by atoms with Crippen molar-refractivity contribution in [2.24, 2.45) is 5.92 Å². The summed E-state index contributed by atoms with van der Waals surface area (Å²) in [6.07, 6.45) is 1.50. The maximum Gasteiger partial charge on any atom is 0.274 e. The molecule has 4 amide bonds. The summed E-state index contributed by atoms with van der Waals surface area (Å²) in [4.78, 5) is 63.8. The van der Waals surface area contributed by atoms with Crippen LogP contribution in [0.1, 0.15) is 84.4 Å². The average Bonchev–Trinajstić information content (AvgIpc) is 3.45. The first-order valence-electron chi connectivity index (χ1n) is 13.2. The molecule has 3 atom stereocenters. The van der Waals surface area contributed by atoms with Crippen LogP contribution in [-0.4, -0.2) is 57.2 Å². The molecule has 1 aromatic carbocycles. The molecular formula is C27H35N7O5. The number of amides is 4. The Labute approximate surface area is 226 Å². The normalized spacial score (nSPS) is 21.4. The highest BCUT2D eigenvalue weighted by Crippen LogP contribution is 2.24. The van der Waals surface area contributed by atoms with E-state index < -0.39 is 35.8 Å². The van der Waals surface area contributed by atoms with Crippen molar-refractivity contribution in [3.63, 3.8) is 0 Å². The Morgan fingerprint density at radius 1 is 1.08 bits per heavy atom. The van der Waals surface area contributed by atoms with Crippen LogP contribution in [0.25, 0.3) is 11.0 Å². The van der Waals surface area contributed by atoms with Gasteiger partial charge in [0.05, 0.1) is 11.0 Å². The van der Waals surface area contributed by atoms with E-state index in [9.17, 15) is 19.2 Å². The van der Waals surface area contributed by atoms with Gasteiger partial charge in [-0.3, -0.25) is 19.2 Å². The Hall–Kier alpha value is -4.22. The second-order valence-corrected chi connectivity index (χ2v) is 10.2. The summed E-state index contributed by atoms with van der Waals surface area (Å²) in [6.45, 7) is 9.18. The minimum absolute atomic E-state index is 0.0472. The van der Waals surface area contributed by atoms with Crippen LogP contribution in [0.3, 0.4) is 0 Å². The number of benzene rings is 1. The van der Waals surface area contributed by atoms with Crippen molar-refractivity contribution in [2.75, 3.05) is 6.54 Å². The third-order valence-corrected chi connectivity index (χ3v) is 6.70. The molecule has 3 heterocycles. The van der Waals surface area contributed by atoms with Crippen LogP contribution in [0.5, 0.6) is 0 Å². The van der Waals surface area contributed by atoms with Gasteiger partial charge in [-0.2, -0.15) is 0 Å².